The lowest BCUT2D eigenvalue weighted by molar-refractivity contribution is -0.114. The van der Waals surface area contributed by atoms with Gasteiger partial charge in [0.25, 0.3) is 5.91 Å². The Labute approximate surface area is 178 Å². The standard InChI is InChI=1S/C21H25N5O3S/c1-10-18(30-21(22-10)23-12(3)27)16-6-14-7-26(11(2)13-4-5-13)20(29)17(14)19(24-16)25-8-15(28)9-25/h6,11,13,15,28H,4-5,7-9H2,1-3H3,(H,22,23,27). The molecule has 8 nitrogen and oxygen atoms in total. The Morgan fingerprint density at radius 3 is 2.70 bits per heavy atom. The number of amides is 2. The molecule has 158 valence electrons. The number of fused-ring (bicyclic) bond motifs is 1. The summed E-state index contributed by atoms with van der Waals surface area (Å²) in [4.78, 5) is 38.8. The van der Waals surface area contributed by atoms with Crippen LogP contribution in [0.1, 0.15) is 48.3 Å². The van der Waals surface area contributed by atoms with Crippen LogP contribution in [0.3, 0.4) is 0 Å². The molecule has 1 unspecified atom stereocenters. The van der Waals surface area contributed by atoms with Gasteiger partial charge in [0.2, 0.25) is 5.91 Å². The number of aryl methyl sites for hydroxylation is 1. The number of anilines is 2. The molecule has 9 heteroatoms. The van der Waals surface area contributed by atoms with Crippen molar-refractivity contribution in [3.63, 3.8) is 0 Å². The monoisotopic (exact) mass is 427 g/mol. The van der Waals surface area contributed by atoms with Crippen LogP contribution in [-0.4, -0.2) is 57.0 Å². The predicted molar refractivity (Wildman–Crippen MR) is 115 cm³/mol. The van der Waals surface area contributed by atoms with Gasteiger partial charge in [0.15, 0.2) is 5.13 Å². The van der Waals surface area contributed by atoms with E-state index >= 15 is 0 Å². The molecule has 2 amide bonds. The number of nitrogens with one attached hydrogen (secondary N) is 1. The minimum atomic E-state index is -0.388. The van der Waals surface area contributed by atoms with Crippen LogP contribution in [0.25, 0.3) is 10.6 Å². The predicted octanol–water partition coefficient (Wildman–Crippen LogP) is 2.41. The van der Waals surface area contributed by atoms with E-state index in [2.05, 4.69) is 17.2 Å². The molecule has 2 aromatic heterocycles. The normalized spacial score (nSPS) is 19.7. The van der Waals surface area contributed by atoms with E-state index in [9.17, 15) is 14.7 Å². The first kappa shape index (κ1) is 19.4. The third-order valence-electron chi connectivity index (χ3n) is 6.17. The first-order chi connectivity index (χ1) is 14.3. The SMILES string of the molecule is CC(=O)Nc1nc(C)c(-c2cc3c(c(N4CC(O)C4)n2)C(=O)N(C(C)C2CC2)C3)s1. The maximum atomic E-state index is 13.3. The van der Waals surface area contributed by atoms with Crippen molar-refractivity contribution in [2.45, 2.75) is 52.3 Å². The molecule has 0 spiro atoms. The quantitative estimate of drug-likeness (QED) is 0.760. The van der Waals surface area contributed by atoms with E-state index in [1.165, 1.54) is 31.1 Å². The Bertz CT molecular complexity index is 1040. The smallest absolute Gasteiger partial charge is 0.258 e. The molecule has 5 rings (SSSR count). The lowest BCUT2D eigenvalue weighted by Gasteiger charge is -2.37. The minimum absolute atomic E-state index is 0.0415. The molecule has 4 heterocycles. The second-order valence-electron chi connectivity index (χ2n) is 8.55. The van der Waals surface area contributed by atoms with E-state index in [0.29, 0.717) is 42.1 Å². The fraction of sp³-hybridized carbons (Fsp3) is 0.524. The third-order valence-corrected chi connectivity index (χ3v) is 7.26. The van der Waals surface area contributed by atoms with E-state index in [1.54, 1.807) is 0 Å². The van der Waals surface area contributed by atoms with Gasteiger partial charge in [-0.3, -0.25) is 9.59 Å². The number of pyridine rings is 1. The molecule has 3 aliphatic rings. The summed E-state index contributed by atoms with van der Waals surface area (Å²) in [7, 11) is 0. The molecule has 2 aromatic rings. The Kier molecular flexibility index (Phi) is 4.55. The summed E-state index contributed by atoms with van der Waals surface area (Å²) in [6.45, 7) is 7.03. The van der Waals surface area contributed by atoms with Crippen molar-refractivity contribution in [1.29, 1.82) is 0 Å². The van der Waals surface area contributed by atoms with E-state index in [0.717, 1.165) is 21.8 Å². The fourth-order valence-corrected chi connectivity index (χ4v) is 5.29. The molecule has 30 heavy (non-hydrogen) atoms. The fourth-order valence-electron chi connectivity index (χ4n) is 4.31. The molecule has 2 fully saturated rings. The van der Waals surface area contributed by atoms with Crippen LogP contribution in [0.4, 0.5) is 10.9 Å². The second kappa shape index (κ2) is 7.02. The number of aliphatic hydroxyl groups is 1. The molecule has 1 aliphatic carbocycles. The second-order valence-corrected chi connectivity index (χ2v) is 9.55. The van der Waals surface area contributed by atoms with Crippen LogP contribution < -0.4 is 10.2 Å². The minimum Gasteiger partial charge on any atom is -0.389 e. The first-order valence-corrected chi connectivity index (χ1v) is 11.2. The van der Waals surface area contributed by atoms with Crippen LogP contribution in [-0.2, 0) is 11.3 Å². The third kappa shape index (κ3) is 3.26. The van der Waals surface area contributed by atoms with Gasteiger partial charge in [-0.1, -0.05) is 11.3 Å². The van der Waals surface area contributed by atoms with Crippen LogP contribution in [0.2, 0.25) is 0 Å². The number of thiazole rings is 1. The number of carbonyl (C=O) groups excluding carboxylic acids is 2. The Hall–Kier alpha value is -2.52. The largest absolute Gasteiger partial charge is 0.389 e. The Morgan fingerprint density at radius 2 is 2.07 bits per heavy atom. The highest BCUT2D eigenvalue weighted by molar-refractivity contribution is 7.19. The zero-order valence-electron chi connectivity index (χ0n) is 17.3. The van der Waals surface area contributed by atoms with Crippen molar-refractivity contribution in [1.82, 2.24) is 14.9 Å². The van der Waals surface area contributed by atoms with Crippen molar-refractivity contribution in [2.24, 2.45) is 5.92 Å². The van der Waals surface area contributed by atoms with E-state index in [1.807, 2.05) is 22.8 Å². The van der Waals surface area contributed by atoms with Gasteiger partial charge in [0.1, 0.15) is 5.82 Å². The number of β-amino-alcohol motifs (C(OH)–C–C–N with tert-alkyl or cyclic N) is 1. The maximum Gasteiger partial charge on any atom is 0.258 e. The number of hydrogen-bond acceptors (Lipinski definition) is 7. The number of aliphatic hydroxyl groups excluding tert-OH is 1. The van der Waals surface area contributed by atoms with E-state index in [4.69, 9.17) is 4.98 Å². The zero-order valence-corrected chi connectivity index (χ0v) is 18.1. The molecule has 2 aliphatic heterocycles. The summed E-state index contributed by atoms with van der Waals surface area (Å²) in [5, 5.41) is 13.1. The average Bonchev–Trinajstić information content (AvgIpc) is 3.37. The summed E-state index contributed by atoms with van der Waals surface area (Å²) >= 11 is 1.38. The number of carbonyl (C=O) groups is 2. The van der Waals surface area contributed by atoms with Crippen LogP contribution in [0.5, 0.6) is 0 Å². The molecule has 1 saturated heterocycles. The summed E-state index contributed by atoms with van der Waals surface area (Å²) in [6, 6.07) is 2.21. The van der Waals surface area contributed by atoms with Gasteiger partial charge in [-0.2, -0.15) is 0 Å². The molecule has 2 N–H and O–H groups in total. The number of hydrogen-bond donors (Lipinski definition) is 2. The molecule has 0 aromatic carbocycles. The van der Waals surface area contributed by atoms with Crippen molar-refractivity contribution in [3.05, 3.63) is 22.9 Å². The number of nitrogens with zero attached hydrogens (tertiary/aromatic N) is 4. The van der Waals surface area contributed by atoms with E-state index in [-0.39, 0.29) is 24.0 Å². The molecule has 0 bridgehead atoms. The molecular weight excluding hydrogens is 402 g/mol. The molecule has 1 saturated carbocycles. The molecular formula is C21H25N5O3S. The van der Waals surface area contributed by atoms with Crippen LogP contribution in [0.15, 0.2) is 6.07 Å². The molecule has 1 atom stereocenters. The van der Waals surface area contributed by atoms with Crippen molar-refractivity contribution in [3.8, 4) is 10.6 Å². The van der Waals surface area contributed by atoms with Crippen LogP contribution >= 0.6 is 11.3 Å². The highest BCUT2D eigenvalue weighted by Gasteiger charge is 2.42. The van der Waals surface area contributed by atoms with Crippen molar-refractivity contribution >= 4 is 34.1 Å². The number of rotatable bonds is 5. The average molecular weight is 428 g/mol. The van der Waals surface area contributed by atoms with Crippen molar-refractivity contribution in [2.75, 3.05) is 23.3 Å². The molecule has 0 radical (unpaired) electrons. The van der Waals surface area contributed by atoms with Crippen LogP contribution in [0, 0.1) is 12.8 Å². The summed E-state index contributed by atoms with van der Waals surface area (Å²) in [6.07, 6.45) is 1.98. The topological polar surface area (TPSA) is 98.7 Å². The van der Waals surface area contributed by atoms with E-state index < -0.39 is 0 Å². The Morgan fingerprint density at radius 1 is 1.33 bits per heavy atom. The Balaban J connectivity index is 1.56. The number of aromatic nitrogens is 2. The van der Waals surface area contributed by atoms with Gasteiger partial charge in [-0.05, 0) is 44.2 Å². The van der Waals surface area contributed by atoms with Gasteiger partial charge in [0, 0.05) is 32.6 Å². The lowest BCUT2D eigenvalue weighted by Crippen LogP contribution is -2.51. The maximum absolute atomic E-state index is 13.3. The van der Waals surface area contributed by atoms with Gasteiger partial charge in [-0.25, -0.2) is 9.97 Å². The van der Waals surface area contributed by atoms with Crippen molar-refractivity contribution < 1.29 is 14.7 Å². The highest BCUT2D eigenvalue weighted by atomic mass is 32.1. The van der Waals surface area contributed by atoms with Gasteiger partial charge in [0.05, 0.1) is 27.9 Å². The van der Waals surface area contributed by atoms with Gasteiger partial charge in [-0.15, -0.1) is 0 Å². The lowest BCUT2D eigenvalue weighted by atomic mass is 10.1. The summed E-state index contributed by atoms with van der Waals surface area (Å²) in [5.41, 5.74) is 3.19. The van der Waals surface area contributed by atoms with Gasteiger partial charge < -0.3 is 20.2 Å². The summed E-state index contributed by atoms with van der Waals surface area (Å²) < 4.78 is 0. The zero-order chi connectivity index (χ0) is 21.2. The first-order valence-electron chi connectivity index (χ1n) is 10.3. The highest BCUT2D eigenvalue weighted by Crippen LogP contribution is 2.42. The van der Waals surface area contributed by atoms with Gasteiger partial charge >= 0.3 is 0 Å². The summed E-state index contributed by atoms with van der Waals surface area (Å²) in [5.74, 6) is 1.12.